The number of nitriles is 1. The van der Waals surface area contributed by atoms with E-state index in [1.807, 2.05) is 72.8 Å². The minimum atomic E-state index is 0.494. The Labute approximate surface area is 149 Å². The molecule has 0 atom stereocenters. The third-order valence-corrected chi connectivity index (χ3v) is 4.48. The predicted molar refractivity (Wildman–Crippen MR) is 103 cm³/mol. The van der Waals surface area contributed by atoms with Gasteiger partial charge in [0.1, 0.15) is 23.1 Å². The quantitative estimate of drug-likeness (QED) is 0.432. The lowest BCUT2D eigenvalue weighted by Crippen LogP contribution is -1.85. The van der Waals surface area contributed by atoms with Gasteiger partial charge in [-0.25, -0.2) is 4.98 Å². The number of fused-ring (bicyclic) bond motifs is 4. The third-order valence-electron chi connectivity index (χ3n) is 4.48. The van der Waals surface area contributed by atoms with Crippen molar-refractivity contribution in [3.05, 3.63) is 78.1 Å². The van der Waals surface area contributed by atoms with Gasteiger partial charge in [-0.1, -0.05) is 36.4 Å². The van der Waals surface area contributed by atoms with E-state index in [9.17, 15) is 5.26 Å². The first-order valence-corrected chi connectivity index (χ1v) is 8.30. The summed E-state index contributed by atoms with van der Waals surface area (Å²) in [6.07, 6.45) is 1.85. The SMILES string of the molecule is N#C/C(=C\c1ccc2oc3ccccc3c2c1)c1nc2ccccc2[nH]1. The molecule has 5 rings (SSSR count). The highest BCUT2D eigenvalue weighted by molar-refractivity contribution is 6.06. The maximum atomic E-state index is 9.61. The van der Waals surface area contributed by atoms with E-state index in [-0.39, 0.29) is 0 Å². The Morgan fingerprint density at radius 1 is 0.962 bits per heavy atom. The number of nitrogens with zero attached hydrogens (tertiary/aromatic N) is 2. The third kappa shape index (κ3) is 2.27. The van der Waals surface area contributed by atoms with Crippen molar-refractivity contribution in [1.82, 2.24) is 9.97 Å². The van der Waals surface area contributed by atoms with E-state index in [1.165, 1.54) is 0 Å². The maximum absolute atomic E-state index is 9.61. The normalized spacial score (nSPS) is 12.0. The van der Waals surface area contributed by atoms with Crippen LogP contribution in [0.15, 0.2) is 71.1 Å². The lowest BCUT2D eigenvalue weighted by Gasteiger charge is -1.97. The first-order chi connectivity index (χ1) is 12.8. The second-order valence-electron chi connectivity index (χ2n) is 6.13. The second kappa shape index (κ2) is 5.61. The van der Waals surface area contributed by atoms with Gasteiger partial charge in [0, 0.05) is 10.8 Å². The largest absolute Gasteiger partial charge is 0.456 e. The van der Waals surface area contributed by atoms with Crippen LogP contribution in [0.4, 0.5) is 0 Å². The summed E-state index contributed by atoms with van der Waals surface area (Å²) in [4.78, 5) is 7.73. The predicted octanol–water partition coefficient (Wildman–Crippen LogP) is 5.53. The smallest absolute Gasteiger partial charge is 0.149 e. The molecule has 0 aliphatic heterocycles. The van der Waals surface area contributed by atoms with Crippen LogP contribution in [0.5, 0.6) is 0 Å². The molecule has 4 nitrogen and oxygen atoms in total. The van der Waals surface area contributed by atoms with Crippen molar-refractivity contribution in [2.75, 3.05) is 0 Å². The average Bonchev–Trinajstić information content (AvgIpc) is 3.27. The highest BCUT2D eigenvalue weighted by Crippen LogP contribution is 2.30. The van der Waals surface area contributed by atoms with Crippen molar-refractivity contribution in [1.29, 1.82) is 5.26 Å². The first-order valence-electron chi connectivity index (χ1n) is 8.30. The summed E-state index contributed by atoms with van der Waals surface area (Å²) in [5.41, 5.74) is 4.89. The van der Waals surface area contributed by atoms with Crippen molar-refractivity contribution < 1.29 is 4.42 Å². The number of para-hydroxylation sites is 3. The Morgan fingerprint density at radius 2 is 1.77 bits per heavy atom. The monoisotopic (exact) mass is 335 g/mol. The van der Waals surface area contributed by atoms with E-state index in [0.717, 1.165) is 38.5 Å². The standard InChI is InChI=1S/C22H13N3O/c23-13-15(22-24-18-6-2-3-7-19(18)25-22)11-14-9-10-21-17(12-14)16-5-1-4-8-20(16)26-21/h1-12H,(H,24,25)/b15-11+. The lowest BCUT2D eigenvalue weighted by molar-refractivity contribution is 0.669. The summed E-state index contributed by atoms with van der Waals surface area (Å²) < 4.78 is 5.86. The molecule has 26 heavy (non-hydrogen) atoms. The average molecular weight is 335 g/mol. The summed E-state index contributed by atoms with van der Waals surface area (Å²) in [7, 11) is 0. The van der Waals surface area contributed by atoms with E-state index < -0.39 is 0 Å². The van der Waals surface area contributed by atoms with Crippen LogP contribution in [0.1, 0.15) is 11.4 Å². The van der Waals surface area contributed by atoms with Crippen LogP contribution in [0, 0.1) is 11.3 Å². The van der Waals surface area contributed by atoms with E-state index >= 15 is 0 Å². The molecule has 2 heterocycles. The van der Waals surface area contributed by atoms with Gasteiger partial charge in [-0.05, 0) is 42.0 Å². The number of hydrogen-bond donors (Lipinski definition) is 1. The number of rotatable bonds is 2. The molecular formula is C22H13N3O. The molecule has 0 aliphatic carbocycles. The summed E-state index contributed by atoms with van der Waals surface area (Å²) in [6.45, 7) is 0. The van der Waals surface area contributed by atoms with Gasteiger partial charge in [-0.3, -0.25) is 0 Å². The Balaban J connectivity index is 1.65. The number of benzene rings is 3. The maximum Gasteiger partial charge on any atom is 0.149 e. The van der Waals surface area contributed by atoms with E-state index in [0.29, 0.717) is 11.4 Å². The molecule has 122 valence electrons. The van der Waals surface area contributed by atoms with Crippen molar-refractivity contribution >= 4 is 44.6 Å². The number of H-pyrrole nitrogens is 1. The number of imidazole rings is 1. The van der Waals surface area contributed by atoms with Gasteiger partial charge in [0.05, 0.1) is 16.6 Å². The Hall–Kier alpha value is -3.84. The molecule has 1 N–H and O–H groups in total. The molecule has 0 unspecified atom stereocenters. The van der Waals surface area contributed by atoms with E-state index in [1.54, 1.807) is 0 Å². The molecular weight excluding hydrogens is 322 g/mol. The molecule has 0 bridgehead atoms. The fourth-order valence-corrected chi connectivity index (χ4v) is 3.23. The molecule has 0 amide bonds. The van der Waals surface area contributed by atoms with Gasteiger partial charge in [0.25, 0.3) is 0 Å². The molecule has 0 fully saturated rings. The van der Waals surface area contributed by atoms with Crippen LogP contribution < -0.4 is 0 Å². The summed E-state index contributed by atoms with van der Waals surface area (Å²) >= 11 is 0. The molecule has 2 aromatic heterocycles. The van der Waals surface area contributed by atoms with Crippen molar-refractivity contribution in [3.8, 4) is 6.07 Å². The van der Waals surface area contributed by atoms with Crippen LogP contribution in [-0.2, 0) is 0 Å². The zero-order valence-corrected chi connectivity index (χ0v) is 13.7. The molecule has 0 saturated carbocycles. The second-order valence-corrected chi connectivity index (χ2v) is 6.13. The van der Waals surface area contributed by atoms with E-state index in [2.05, 4.69) is 16.0 Å². The number of furan rings is 1. The van der Waals surface area contributed by atoms with Crippen LogP contribution in [0.25, 0.3) is 44.6 Å². The molecule has 0 aliphatic rings. The molecule has 3 aromatic carbocycles. The van der Waals surface area contributed by atoms with E-state index in [4.69, 9.17) is 4.42 Å². The van der Waals surface area contributed by atoms with Crippen molar-refractivity contribution in [2.45, 2.75) is 0 Å². The topological polar surface area (TPSA) is 65.6 Å². The van der Waals surface area contributed by atoms with Gasteiger partial charge in [-0.2, -0.15) is 5.26 Å². The number of hydrogen-bond acceptors (Lipinski definition) is 3. The Morgan fingerprint density at radius 3 is 2.65 bits per heavy atom. The zero-order chi connectivity index (χ0) is 17.5. The molecule has 5 aromatic rings. The Kier molecular flexibility index (Phi) is 3.13. The summed E-state index contributed by atoms with van der Waals surface area (Å²) in [6, 6.07) is 23.9. The fraction of sp³-hybridized carbons (Fsp3) is 0. The number of aromatic nitrogens is 2. The summed E-state index contributed by atoms with van der Waals surface area (Å²) in [5.74, 6) is 0.575. The highest BCUT2D eigenvalue weighted by atomic mass is 16.3. The minimum Gasteiger partial charge on any atom is -0.456 e. The molecule has 0 spiro atoms. The number of allylic oxidation sites excluding steroid dienone is 1. The van der Waals surface area contributed by atoms with Crippen LogP contribution in [0.3, 0.4) is 0 Å². The molecule has 0 saturated heterocycles. The zero-order valence-electron chi connectivity index (χ0n) is 13.7. The lowest BCUT2D eigenvalue weighted by atomic mass is 10.1. The van der Waals surface area contributed by atoms with Crippen LogP contribution in [0.2, 0.25) is 0 Å². The van der Waals surface area contributed by atoms with Gasteiger partial charge in [-0.15, -0.1) is 0 Å². The summed E-state index contributed by atoms with van der Waals surface area (Å²) in [5, 5.41) is 11.7. The van der Waals surface area contributed by atoms with Crippen LogP contribution in [-0.4, -0.2) is 9.97 Å². The number of nitrogens with one attached hydrogen (secondary N) is 1. The van der Waals surface area contributed by atoms with Gasteiger partial charge >= 0.3 is 0 Å². The first kappa shape index (κ1) is 14.5. The van der Waals surface area contributed by atoms with Gasteiger partial charge in [0.2, 0.25) is 0 Å². The molecule has 0 radical (unpaired) electrons. The van der Waals surface area contributed by atoms with Crippen molar-refractivity contribution in [3.63, 3.8) is 0 Å². The van der Waals surface area contributed by atoms with Crippen molar-refractivity contribution in [2.24, 2.45) is 0 Å². The van der Waals surface area contributed by atoms with Gasteiger partial charge in [0.15, 0.2) is 0 Å². The minimum absolute atomic E-state index is 0.494. The van der Waals surface area contributed by atoms with Crippen LogP contribution >= 0.6 is 0 Å². The van der Waals surface area contributed by atoms with Gasteiger partial charge < -0.3 is 9.40 Å². The number of aromatic amines is 1. The Bertz CT molecular complexity index is 1320. The highest BCUT2D eigenvalue weighted by Gasteiger charge is 2.10. The fourth-order valence-electron chi connectivity index (χ4n) is 3.23. The molecule has 4 heteroatoms.